The van der Waals surface area contributed by atoms with Gasteiger partial charge in [-0.1, -0.05) is 51.1 Å². The standard InChI is InChI=1S/C38H53NO12/c1-19-25-27(42)30(44)35(9)24(41)17-23-15-16-36(23,49-21(3)40)29(35)20(2)37(47,34(25,7)8)18-38(19,48)50-31(45)28(43)26(22-13-11-10-12-14-22)39-32(46)51-33(4,5)6/h10-14,20,23-24,26-29,41-43,47-48H,15-18H2,1-9H3,(H,39,46)/t20-,23+,24-,26-,27+,28+,29-,35+,36-,37+,38-/m0/s1. The molecule has 0 unspecified atom stereocenters. The fourth-order valence-corrected chi connectivity index (χ4v) is 9.84. The summed E-state index contributed by atoms with van der Waals surface area (Å²) in [6.07, 6.45) is -5.81. The first-order chi connectivity index (χ1) is 23.4. The van der Waals surface area contributed by atoms with Crippen molar-refractivity contribution in [2.24, 2.45) is 28.6 Å². The molecule has 0 heterocycles. The molecule has 0 saturated heterocycles. The summed E-state index contributed by atoms with van der Waals surface area (Å²) in [5.74, 6) is -7.78. The summed E-state index contributed by atoms with van der Waals surface area (Å²) in [6, 6.07) is 6.71. The molecule has 282 valence electrons. The average Bonchev–Trinajstić information content (AvgIpc) is 3.01. The molecule has 5 rings (SSSR count). The topological polar surface area (TPSA) is 209 Å². The number of fused-ring (bicyclic) bond motifs is 5. The minimum Gasteiger partial charge on any atom is -0.459 e. The van der Waals surface area contributed by atoms with Gasteiger partial charge in [-0.25, -0.2) is 9.59 Å². The molecule has 13 heteroatoms. The van der Waals surface area contributed by atoms with Crippen molar-refractivity contribution in [1.82, 2.24) is 5.32 Å². The van der Waals surface area contributed by atoms with Gasteiger partial charge in [-0.05, 0) is 70.9 Å². The summed E-state index contributed by atoms with van der Waals surface area (Å²) in [4.78, 5) is 53.8. The lowest BCUT2D eigenvalue weighted by Crippen LogP contribution is -2.76. The number of nitrogens with one attached hydrogen (secondary N) is 1. The van der Waals surface area contributed by atoms with Crippen LogP contribution in [0.3, 0.4) is 0 Å². The minimum absolute atomic E-state index is 0.103. The molecule has 1 amide bonds. The molecule has 4 aliphatic rings. The highest BCUT2D eigenvalue weighted by atomic mass is 16.7. The maximum atomic E-state index is 14.6. The Kier molecular flexibility index (Phi) is 9.64. The molecule has 13 nitrogen and oxygen atoms in total. The minimum atomic E-state index is -2.67. The van der Waals surface area contributed by atoms with E-state index >= 15 is 0 Å². The molecule has 3 saturated carbocycles. The summed E-state index contributed by atoms with van der Waals surface area (Å²) in [7, 11) is 0. The zero-order chi connectivity index (χ0) is 38.3. The predicted octanol–water partition coefficient (Wildman–Crippen LogP) is 3.00. The van der Waals surface area contributed by atoms with Gasteiger partial charge in [0, 0.05) is 36.2 Å². The van der Waals surface area contributed by atoms with Crippen LogP contribution in [0.4, 0.5) is 4.79 Å². The van der Waals surface area contributed by atoms with Gasteiger partial charge in [-0.2, -0.15) is 0 Å². The smallest absolute Gasteiger partial charge is 0.408 e. The quantitative estimate of drug-likeness (QED) is 0.109. The van der Waals surface area contributed by atoms with Crippen molar-refractivity contribution >= 4 is 23.8 Å². The highest BCUT2D eigenvalue weighted by molar-refractivity contribution is 5.93. The van der Waals surface area contributed by atoms with E-state index < -0.39 is 99.8 Å². The molecular weight excluding hydrogens is 662 g/mol. The maximum Gasteiger partial charge on any atom is 0.408 e. The van der Waals surface area contributed by atoms with E-state index in [0.717, 1.165) is 0 Å². The van der Waals surface area contributed by atoms with Crippen molar-refractivity contribution in [3.05, 3.63) is 47.0 Å². The van der Waals surface area contributed by atoms with Crippen LogP contribution in [0.15, 0.2) is 41.5 Å². The van der Waals surface area contributed by atoms with Gasteiger partial charge < -0.3 is 45.1 Å². The first kappa shape index (κ1) is 38.9. The van der Waals surface area contributed by atoms with E-state index in [-0.39, 0.29) is 23.5 Å². The number of ether oxygens (including phenoxy) is 3. The van der Waals surface area contributed by atoms with Gasteiger partial charge in [0.1, 0.15) is 17.3 Å². The zero-order valence-corrected chi connectivity index (χ0v) is 30.9. The summed E-state index contributed by atoms with van der Waals surface area (Å²) in [6.45, 7) is 14.0. The summed E-state index contributed by atoms with van der Waals surface area (Å²) in [5, 5.41) is 62.8. The number of benzene rings is 1. The van der Waals surface area contributed by atoms with Crippen LogP contribution < -0.4 is 5.32 Å². The predicted molar refractivity (Wildman–Crippen MR) is 181 cm³/mol. The van der Waals surface area contributed by atoms with Crippen LogP contribution in [0.25, 0.3) is 0 Å². The number of aliphatic hydroxyl groups excluding tert-OH is 3. The Hall–Kier alpha value is -3.36. The molecule has 1 aromatic rings. The number of carbonyl (C=O) groups is 4. The first-order valence-electron chi connectivity index (χ1n) is 17.6. The molecule has 3 fully saturated rings. The van der Waals surface area contributed by atoms with Crippen LogP contribution in [0.2, 0.25) is 0 Å². The van der Waals surface area contributed by atoms with Gasteiger partial charge in [0.2, 0.25) is 5.79 Å². The normalized spacial score (nSPS) is 38.4. The number of amides is 1. The Labute approximate surface area is 298 Å². The van der Waals surface area contributed by atoms with Crippen LogP contribution in [0, 0.1) is 28.6 Å². The van der Waals surface area contributed by atoms with Crippen molar-refractivity contribution in [3.63, 3.8) is 0 Å². The van der Waals surface area contributed by atoms with Crippen LogP contribution in [0.5, 0.6) is 0 Å². The molecule has 2 bridgehead atoms. The fourth-order valence-electron chi connectivity index (χ4n) is 9.84. The van der Waals surface area contributed by atoms with Crippen molar-refractivity contribution in [1.29, 1.82) is 0 Å². The molecule has 1 aromatic carbocycles. The second-order valence-electron chi connectivity index (χ2n) is 16.8. The second kappa shape index (κ2) is 12.6. The molecule has 0 aliphatic heterocycles. The summed E-state index contributed by atoms with van der Waals surface area (Å²) >= 11 is 0. The Bertz CT molecular complexity index is 1620. The summed E-state index contributed by atoms with van der Waals surface area (Å²) < 4.78 is 17.1. The third kappa shape index (κ3) is 5.98. The number of ketones is 1. The van der Waals surface area contributed by atoms with Crippen molar-refractivity contribution in [3.8, 4) is 0 Å². The lowest BCUT2D eigenvalue weighted by molar-refractivity contribution is -0.296. The van der Waals surface area contributed by atoms with E-state index in [1.807, 2.05) is 0 Å². The Morgan fingerprint density at radius 3 is 2.16 bits per heavy atom. The maximum absolute atomic E-state index is 14.6. The SMILES string of the molecule is CC(=O)O[C@@]12CC[C@@H]1C[C@H](O)[C@@]1(C)C(=O)[C@H](O)C3=C(C)[C@@](O)(OC(=O)[C@H](O)[C@@H](NC(=O)OC(C)(C)C)c4ccccc4)C[C@@](O)([C@@H](C)[C@H]21)C3(C)C. The fraction of sp³-hybridized carbons (Fsp3) is 0.684. The lowest BCUT2D eigenvalue weighted by Gasteiger charge is -2.69. The average molecular weight is 716 g/mol. The van der Waals surface area contributed by atoms with E-state index in [1.165, 1.54) is 20.8 Å². The van der Waals surface area contributed by atoms with Gasteiger partial charge in [0.05, 0.1) is 23.2 Å². The van der Waals surface area contributed by atoms with E-state index in [1.54, 1.807) is 71.9 Å². The molecule has 51 heavy (non-hydrogen) atoms. The molecule has 4 aliphatic carbocycles. The van der Waals surface area contributed by atoms with E-state index in [2.05, 4.69) is 5.32 Å². The van der Waals surface area contributed by atoms with Crippen molar-refractivity contribution in [2.75, 3.05) is 0 Å². The van der Waals surface area contributed by atoms with Crippen molar-refractivity contribution in [2.45, 2.75) is 135 Å². The highest BCUT2D eigenvalue weighted by Crippen LogP contribution is 2.68. The zero-order valence-electron chi connectivity index (χ0n) is 30.9. The van der Waals surface area contributed by atoms with Crippen LogP contribution >= 0.6 is 0 Å². The first-order valence-corrected chi connectivity index (χ1v) is 17.6. The molecule has 0 radical (unpaired) electrons. The van der Waals surface area contributed by atoms with E-state index in [0.29, 0.717) is 18.4 Å². The van der Waals surface area contributed by atoms with Crippen LogP contribution in [-0.4, -0.2) is 90.2 Å². The number of Topliss-reactive ketones (excluding diaryl/α,β-unsaturated/α-hetero) is 1. The van der Waals surface area contributed by atoms with E-state index in [9.17, 15) is 44.7 Å². The van der Waals surface area contributed by atoms with Gasteiger partial charge in [0.15, 0.2) is 11.9 Å². The third-order valence-corrected chi connectivity index (χ3v) is 12.5. The highest BCUT2D eigenvalue weighted by Gasteiger charge is 2.75. The van der Waals surface area contributed by atoms with Gasteiger partial charge in [-0.3, -0.25) is 9.59 Å². The molecule has 0 aromatic heterocycles. The summed E-state index contributed by atoms with van der Waals surface area (Å²) in [5.41, 5.74) is -7.25. The third-order valence-electron chi connectivity index (χ3n) is 12.5. The molecular formula is C38H53NO12. The number of hydrogen-bond acceptors (Lipinski definition) is 12. The van der Waals surface area contributed by atoms with E-state index in [4.69, 9.17) is 14.2 Å². The number of hydrogen-bond donors (Lipinski definition) is 6. The lowest BCUT2D eigenvalue weighted by atomic mass is 9.39. The number of carbonyl (C=O) groups excluding carboxylic acids is 4. The Balaban J connectivity index is 1.60. The number of alkyl carbamates (subject to hydrolysis) is 1. The number of aliphatic hydroxyl groups is 5. The van der Waals surface area contributed by atoms with Gasteiger partial charge in [0.25, 0.3) is 0 Å². The van der Waals surface area contributed by atoms with Gasteiger partial charge in [-0.15, -0.1) is 0 Å². The Morgan fingerprint density at radius 1 is 1.02 bits per heavy atom. The Morgan fingerprint density at radius 2 is 1.63 bits per heavy atom. The number of rotatable bonds is 6. The van der Waals surface area contributed by atoms with Crippen LogP contribution in [-0.2, 0) is 28.6 Å². The van der Waals surface area contributed by atoms with Crippen LogP contribution in [0.1, 0.15) is 99.6 Å². The molecule has 6 N–H and O–H groups in total. The van der Waals surface area contributed by atoms with Gasteiger partial charge >= 0.3 is 18.0 Å². The molecule has 11 atom stereocenters. The molecule has 0 spiro atoms. The van der Waals surface area contributed by atoms with Crippen molar-refractivity contribution < 1.29 is 58.9 Å². The largest absolute Gasteiger partial charge is 0.459 e. The second-order valence-corrected chi connectivity index (χ2v) is 16.8. The number of esters is 2. The monoisotopic (exact) mass is 715 g/mol.